The maximum Gasteiger partial charge on any atom is 0.235 e. The number of nitrogens with one attached hydrogen (secondary N) is 1. The summed E-state index contributed by atoms with van der Waals surface area (Å²) in [6.07, 6.45) is 1.69. The van der Waals surface area contributed by atoms with Crippen molar-refractivity contribution in [3.63, 3.8) is 0 Å². The van der Waals surface area contributed by atoms with Gasteiger partial charge in [0.05, 0.1) is 5.41 Å². The van der Waals surface area contributed by atoms with Crippen molar-refractivity contribution in [1.82, 2.24) is 0 Å². The molecule has 0 bridgehead atoms. The molecule has 0 aromatic heterocycles. The van der Waals surface area contributed by atoms with Crippen molar-refractivity contribution < 1.29 is 9.53 Å². The van der Waals surface area contributed by atoms with E-state index < -0.39 is 5.41 Å². The molecule has 1 amide bonds. The van der Waals surface area contributed by atoms with Crippen LogP contribution in [0.1, 0.15) is 18.4 Å². The van der Waals surface area contributed by atoms with Crippen molar-refractivity contribution in [2.75, 3.05) is 18.5 Å². The van der Waals surface area contributed by atoms with Gasteiger partial charge in [0.1, 0.15) is 12.4 Å². The van der Waals surface area contributed by atoms with Crippen LogP contribution in [0.4, 0.5) is 5.69 Å². The van der Waals surface area contributed by atoms with E-state index in [4.69, 9.17) is 22.1 Å². The van der Waals surface area contributed by atoms with Gasteiger partial charge in [0.25, 0.3) is 0 Å². The number of hydrogen-bond donors (Lipinski definition) is 2. The van der Waals surface area contributed by atoms with Gasteiger partial charge in [-0.1, -0.05) is 23.7 Å². The molecule has 4 nitrogen and oxygen atoms in total. The van der Waals surface area contributed by atoms with Crippen LogP contribution < -0.4 is 15.8 Å². The van der Waals surface area contributed by atoms with Crippen LogP contribution >= 0.6 is 11.6 Å². The first kappa shape index (κ1) is 15.8. The minimum Gasteiger partial charge on any atom is -0.492 e. The average molecular weight is 331 g/mol. The molecule has 5 heteroatoms. The molecule has 1 aliphatic rings. The standard InChI is InChI=1S/C18H19ClN2O2/c19-14-3-1-2-13(12-14)18(8-9-18)17(22)21-15-4-6-16(7-5-15)23-11-10-20/h1-7,12H,8-11,20H2,(H,21,22). The van der Waals surface area contributed by atoms with Crippen molar-refractivity contribution >= 4 is 23.2 Å². The summed E-state index contributed by atoms with van der Waals surface area (Å²) in [7, 11) is 0. The lowest BCUT2D eigenvalue weighted by atomic mass is 9.95. The monoisotopic (exact) mass is 330 g/mol. The quantitative estimate of drug-likeness (QED) is 0.853. The van der Waals surface area contributed by atoms with Crippen LogP contribution in [0.15, 0.2) is 48.5 Å². The van der Waals surface area contributed by atoms with E-state index in [1.165, 1.54) is 0 Å². The largest absolute Gasteiger partial charge is 0.492 e. The van der Waals surface area contributed by atoms with Gasteiger partial charge < -0.3 is 15.8 Å². The number of ether oxygens (including phenoxy) is 1. The van der Waals surface area contributed by atoms with Crippen molar-refractivity contribution in [2.45, 2.75) is 18.3 Å². The Morgan fingerprint density at radius 3 is 2.57 bits per heavy atom. The maximum atomic E-state index is 12.7. The molecular weight excluding hydrogens is 312 g/mol. The number of rotatable bonds is 6. The summed E-state index contributed by atoms with van der Waals surface area (Å²) in [6, 6.07) is 14.8. The number of carbonyl (C=O) groups is 1. The van der Waals surface area contributed by atoms with Crippen molar-refractivity contribution in [1.29, 1.82) is 0 Å². The summed E-state index contributed by atoms with van der Waals surface area (Å²) in [5.74, 6) is 0.750. The lowest BCUT2D eigenvalue weighted by molar-refractivity contribution is -0.118. The molecule has 23 heavy (non-hydrogen) atoms. The highest BCUT2D eigenvalue weighted by atomic mass is 35.5. The third-order valence-corrected chi connectivity index (χ3v) is 4.30. The molecule has 2 aromatic carbocycles. The Kier molecular flexibility index (Phi) is 4.55. The molecule has 0 saturated heterocycles. The van der Waals surface area contributed by atoms with Gasteiger partial charge in [-0.3, -0.25) is 4.79 Å². The molecule has 0 aliphatic heterocycles. The van der Waals surface area contributed by atoms with E-state index in [1.54, 1.807) is 0 Å². The highest BCUT2D eigenvalue weighted by Crippen LogP contribution is 2.49. The Balaban J connectivity index is 1.69. The second kappa shape index (κ2) is 6.60. The topological polar surface area (TPSA) is 64.3 Å². The summed E-state index contributed by atoms with van der Waals surface area (Å²) in [6.45, 7) is 0.949. The number of anilines is 1. The molecule has 3 rings (SSSR count). The Hall–Kier alpha value is -2.04. The second-order valence-corrected chi connectivity index (χ2v) is 6.14. The van der Waals surface area contributed by atoms with Crippen LogP contribution in [0.3, 0.4) is 0 Å². The van der Waals surface area contributed by atoms with E-state index >= 15 is 0 Å². The average Bonchev–Trinajstić information content (AvgIpc) is 3.36. The van der Waals surface area contributed by atoms with Crippen molar-refractivity contribution in [3.05, 3.63) is 59.1 Å². The van der Waals surface area contributed by atoms with Crippen LogP contribution in [0.25, 0.3) is 0 Å². The minimum atomic E-state index is -0.445. The van der Waals surface area contributed by atoms with Gasteiger partial charge in [0.2, 0.25) is 5.91 Å². The zero-order chi connectivity index (χ0) is 16.3. The molecule has 3 N–H and O–H groups in total. The van der Waals surface area contributed by atoms with E-state index in [-0.39, 0.29) is 5.91 Å². The van der Waals surface area contributed by atoms with Gasteiger partial charge in [-0.05, 0) is 54.8 Å². The first-order chi connectivity index (χ1) is 11.1. The summed E-state index contributed by atoms with van der Waals surface area (Å²) in [4.78, 5) is 12.7. The normalized spacial score (nSPS) is 15.0. The first-order valence-electron chi connectivity index (χ1n) is 7.64. The molecule has 120 valence electrons. The number of benzene rings is 2. The number of hydrogen-bond acceptors (Lipinski definition) is 3. The number of nitrogens with two attached hydrogens (primary N) is 1. The van der Waals surface area contributed by atoms with Crippen LogP contribution in [0, 0.1) is 0 Å². The molecule has 2 aromatic rings. The molecule has 0 spiro atoms. The molecule has 1 saturated carbocycles. The van der Waals surface area contributed by atoms with Gasteiger partial charge in [-0.2, -0.15) is 0 Å². The van der Waals surface area contributed by atoms with Gasteiger partial charge in [0, 0.05) is 17.3 Å². The van der Waals surface area contributed by atoms with Gasteiger partial charge >= 0.3 is 0 Å². The predicted octanol–water partition coefficient (Wildman–Crippen LogP) is 3.35. The summed E-state index contributed by atoms with van der Waals surface area (Å²) in [5.41, 5.74) is 6.69. The van der Waals surface area contributed by atoms with E-state index in [9.17, 15) is 4.79 Å². The van der Waals surface area contributed by atoms with Crippen molar-refractivity contribution in [3.8, 4) is 5.75 Å². The third kappa shape index (κ3) is 3.49. The fourth-order valence-electron chi connectivity index (χ4n) is 2.62. The SMILES string of the molecule is NCCOc1ccc(NC(=O)C2(c3cccc(Cl)c3)CC2)cc1. The molecular formula is C18H19ClN2O2. The number of halogens is 1. The van der Waals surface area contributed by atoms with Gasteiger partial charge in [-0.15, -0.1) is 0 Å². The maximum absolute atomic E-state index is 12.7. The Labute approximate surface area is 140 Å². The first-order valence-corrected chi connectivity index (χ1v) is 8.02. The molecule has 0 radical (unpaired) electrons. The lowest BCUT2D eigenvalue weighted by Gasteiger charge is -2.16. The summed E-state index contributed by atoms with van der Waals surface area (Å²) in [5, 5.41) is 3.64. The Bertz CT molecular complexity index is 696. The van der Waals surface area contributed by atoms with E-state index in [0.717, 1.165) is 29.8 Å². The molecule has 0 atom stereocenters. The fraction of sp³-hybridized carbons (Fsp3) is 0.278. The van der Waals surface area contributed by atoms with Crippen LogP contribution in [0.5, 0.6) is 5.75 Å². The minimum absolute atomic E-state index is 0.00962. The smallest absolute Gasteiger partial charge is 0.235 e. The van der Waals surface area contributed by atoms with Crippen LogP contribution in [0.2, 0.25) is 5.02 Å². The van der Waals surface area contributed by atoms with E-state index in [2.05, 4.69) is 5.32 Å². The molecule has 0 unspecified atom stereocenters. The lowest BCUT2D eigenvalue weighted by Crippen LogP contribution is -2.27. The van der Waals surface area contributed by atoms with Crippen LogP contribution in [-0.2, 0) is 10.2 Å². The zero-order valence-electron chi connectivity index (χ0n) is 12.7. The van der Waals surface area contributed by atoms with E-state index in [1.807, 2.05) is 48.5 Å². The molecule has 0 heterocycles. The van der Waals surface area contributed by atoms with Crippen LogP contribution in [-0.4, -0.2) is 19.1 Å². The molecule has 1 aliphatic carbocycles. The summed E-state index contributed by atoms with van der Waals surface area (Å²) < 4.78 is 5.42. The highest BCUT2D eigenvalue weighted by molar-refractivity contribution is 6.30. The van der Waals surface area contributed by atoms with E-state index in [0.29, 0.717) is 18.2 Å². The third-order valence-electron chi connectivity index (χ3n) is 4.06. The second-order valence-electron chi connectivity index (χ2n) is 5.71. The van der Waals surface area contributed by atoms with Gasteiger partial charge in [-0.25, -0.2) is 0 Å². The number of amides is 1. The highest BCUT2D eigenvalue weighted by Gasteiger charge is 2.51. The van der Waals surface area contributed by atoms with Crippen molar-refractivity contribution in [2.24, 2.45) is 5.73 Å². The Morgan fingerprint density at radius 1 is 1.22 bits per heavy atom. The predicted molar refractivity (Wildman–Crippen MR) is 92.0 cm³/mol. The molecule has 1 fully saturated rings. The summed E-state index contributed by atoms with van der Waals surface area (Å²) >= 11 is 6.05. The Morgan fingerprint density at radius 2 is 1.96 bits per heavy atom. The number of carbonyl (C=O) groups excluding carboxylic acids is 1. The fourth-order valence-corrected chi connectivity index (χ4v) is 2.81. The zero-order valence-corrected chi connectivity index (χ0v) is 13.5. The van der Waals surface area contributed by atoms with Gasteiger partial charge in [0.15, 0.2) is 0 Å².